The molecule has 1 aliphatic rings. The molecule has 1 atom stereocenters. The van der Waals surface area contributed by atoms with Crippen molar-refractivity contribution in [3.63, 3.8) is 0 Å². The first-order valence-corrected chi connectivity index (χ1v) is 6.84. The van der Waals surface area contributed by atoms with E-state index in [2.05, 4.69) is 22.3 Å². The lowest BCUT2D eigenvalue weighted by molar-refractivity contribution is 0.280. The fraction of sp³-hybridized carbons (Fsp3) is 0.846. The SMILES string of the molecule is CCCC1(Cc2ncnn2C)CCCCCN1. The van der Waals surface area contributed by atoms with Crippen molar-refractivity contribution < 1.29 is 0 Å². The molecular formula is C13H24N4. The molecule has 96 valence electrons. The summed E-state index contributed by atoms with van der Waals surface area (Å²) in [5.41, 5.74) is 0.256. The van der Waals surface area contributed by atoms with Crippen LogP contribution in [0.4, 0.5) is 0 Å². The van der Waals surface area contributed by atoms with Crippen molar-refractivity contribution in [3.8, 4) is 0 Å². The van der Waals surface area contributed by atoms with Gasteiger partial charge in [0.05, 0.1) is 0 Å². The molecule has 0 saturated carbocycles. The summed E-state index contributed by atoms with van der Waals surface area (Å²) < 4.78 is 1.91. The van der Waals surface area contributed by atoms with Gasteiger partial charge in [0.2, 0.25) is 0 Å². The van der Waals surface area contributed by atoms with Crippen LogP contribution in [0.25, 0.3) is 0 Å². The van der Waals surface area contributed by atoms with Crippen LogP contribution in [0.3, 0.4) is 0 Å². The Bertz CT molecular complexity index is 337. The second-order valence-corrected chi connectivity index (χ2v) is 5.24. The molecule has 1 aromatic heterocycles. The van der Waals surface area contributed by atoms with Crippen molar-refractivity contribution in [3.05, 3.63) is 12.2 Å². The molecule has 0 amide bonds. The number of aryl methyl sites for hydroxylation is 1. The fourth-order valence-corrected chi connectivity index (χ4v) is 2.92. The van der Waals surface area contributed by atoms with Gasteiger partial charge in [-0.1, -0.05) is 26.2 Å². The van der Waals surface area contributed by atoms with Gasteiger partial charge in [-0.15, -0.1) is 0 Å². The van der Waals surface area contributed by atoms with Crippen LogP contribution in [0.1, 0.15) is 51.3 Å². The van der Waals surface area contributed by atoms with Crippen LogP contribution < -0.4 is 5.32 Å². The van der Waals surface area contributed by atoms with Gasteiger partial charge in [0.1, 0.15) is 12.2 Å². The van der Waals surface area contributed by atoms with Crippen molar-refractivity contribution >= 4 is 0 Å². The maximum atomic E-state index is 4.38. The highest BCUT2D eigenvalue weighted by atomic mass is 15.3. The molecule has 2 rings (SSSR count). The van der Waals surface area contributed by atoms with Crippen LogP contribution in [0, 0.1) is 0 Å². The highest BCUT2D eigenvalue weighted by Crippen LogP contribution is 2.27. The molecule has 1 aliphatic heterocycles. The summed E-state index contributed by atoms with van der Waals surface area (Å²) >= 11 is 0. The summed E-state index contributed by atoms with van der Waals surface area (Å²) in [5.74, 6) is 1.10. The predicted octanol–water partition coefficient (Wildman–Crippen LogP) is 2.06. The Kier molecular flexibility index (Phi) is 4.15. The lowest BCUT2D eigenvalue weighted by Crippen LogP contribution is -2.47. The molecule has 0 radical (unpaired) electrons. The normalized spacial score (nSPS) is 25.8. The molecule has 17 heavy (non-hydrogen) atoms. The van der Waals surface area contributed by atoms with E-state index < -0.39 is 0 Å². The summed E-state index contributed by atoms with van der Waals surface area (Å²) in [6.45, 7) is 3.42. The van der Waals surface area contributed by atoms with Gasteiger partial charge in [0.25, 0.3) is 0 Å². The lowest BCUT2D eigenvalue weighted by Gasteiger charge is -2.33. The van der Waals surface area contributed by atoms with Crippen LogP contribution in [-0.4, -0.2) is 26.8 Å². The summed E-state index contributed by atoms with van der Waals surface area (Å²) in [6.07, 6.45) is 10.4. The minimum Gasteiger partial charge on any atom is -0.311 e. The molecule has 1 aromatic rings. The highest BCUT2D eigenvalue weighted by Gasteiger charge is 2.31. The van der Waals surface area contributed by atoms with Crippen molar-refractivity contribution in [1.29, 1.82) is 0 Å². The number of rotatable bonds is 4. The van der Waals surface area contributed by atoms with Crippen LogP contribution in [-0.2, 0) is 13.5 Å². The zero-order chi connectivity index (χ0) is 12.1. The maximum Gasteiger partial charge on any atom is 0.138 e. The second kappa shape index (κ2) is 5.63. The number of hydrogen-bond acceptors (Lipinski definition) is 3. The molecule has 1 unspecified atom stereocenters. The lowest BCUT2D eigenvalue weighted by atomic mass is 9.85. The summed E-state index contributed by atoms with van der Waals surface area (Å²) in [4.78, 5) is 4.38. The van der Waals surface area contributed by atoms with E-state index in [4.69, 9.17) is 0 Å². The first-order valence-electron chi connectivity index (χ1n) is 6.84. The van der Waals surface area contributed by atoms with Gasteiger partial charge in [-0.3, -0.25) is 4.68 Å². The maximum absolute atomic E-state index is 4.38. The number of aromatic nitrogens is 3. The van der Waals surface area contributed by atoms with Crippen LogP contribution in [0.5, 0.6) is 0 Å². The third kappa shape index (κ3) is 3.06. The van der Waals surface area contributed by atoms with Crippen molar-refractivity contribution in [2.24, 2.45) is 7.05 Å². The largest absolute Gasteiger partial charge is 0.311 e. The number of nitrogens with zero attached hydrogens (tertiary/aromatic N) is 3. The van der Waals surface area contributed by atoms with Gasteiger partial charge in [0.15, 0.2) is 0 Å². The van der Waals surface area contributed by atoms with Gasteiger partial charge < -0.3 is 5.32 Å². The summed E-state index contributed by atoms with van der Waals surface area (Å²) in [6, 6.07) is 0. The first-order chi connectivity index (χ1) is 8.26. The molecule has 0 bridgehead atoms. The van der Waals surface area contributed by atoms with Gasteiger partial charge in [-0.05, 0) is 25.8 Å². The Hall–Kier alpha value is -0.900. The molecule has 1 N–H and O–H groups in total. The van der Waals surface area contributed by atoms with Gasteiger partial charge in [-0.25, -0.2) is 4.98 Å². The van der Waals surface area contributed by atoms with Crippen molar-refractivity contribution in [2.75, 3.05) is 6.54 Å². The highest BCUT2D eigenvalue weighted by molar-refractivity contribution is 4.99. The topological polar surface area (TPSA) is 42.7 Å². The van der Waals surface area contributed by atoms with Crippen molar-refractivity contribution in [2.45, 2.75) is 57.4 Å². The summed E-state index contributed by atoms with van der Waals surface area (Å²) in [7, 11) is 1.98. The van der Waals surface area contributed by atoms with E-state index in [0.717, 1.165) is 18.8 Å². The smallest absolute Gasteiger partial charge is 0.138 e. The van der Waals surface area contributed by atoms with E-state index in [1.807, 2.05) is 11.7 Å². The van der Waals surface area contributed by atoms with Gasteiger partial charge >= 0.3 is 0 Å². The molecule has 4 heteroatoms. The average Bonchev–Trinajstić information content (AvgIpc) is 2.58. The minimum atomic E-state index is 0.256. The Morgan fingerprint density at radius 2 is 2.29 bits per heavy atom. The quantitative estimate of drug-likeness (QED) is 0.870. The summed E-state index contributed by atoms with van der Waals surface area (Å²) in [5, 5.41) is 7.95. The van der Waals surface area contributed by atoms with Gasteiger partial charge in [0, 0.05) is 19.0 Å². The van der Waals surface area contributed by atoms with Gasteiger partial charge in [-0.2, -0.15) is 5.10 Å². The molecule has 0 aliphatic carbocycles. The molecule has 2 heterocycles. The molecule has 1 fully saturated rings. The van der Waals surface area contributed by atoms with Crippen LogP contribution in [0.15, 0.2) is 6.33 Å². The standard InChI is InChI=1S/C13H24N4/c1-3-7-13(8-5-4-6-9-15-13)10-12-14-11-16-17(12)2/h11,15H,3-10H2,1-2H3. The zero-order valence-electron chi connectivity index (χ0n) is 11.1. The molecule has 0 spiro atoms. The number of nitrogens with one attached hydrogen (secondary N) is 1. The van der Waals surface area contributed by atoms with E-state index in [1.165, 1.54) is 38.5 Å². The van der Waals surface area contributed by atoms with E-state index in [0.29, 0.717) is 0 Å². The monoisotopic (exact) mass is 236 g/mol. The molecule has 1 saturated heterocycles. The Balaban J connectivity index is 2.12. The molecular weight excluding hydrogens is 212 g/mol. The molecule has 0 aromatic carbocycles. The van der Waals surface area contributed by atoms with E-state index in [1.54, 1.807) is 6.33 Å². The van der Waals surface area contributed by atoms with E-state index in [-0.39, 0.29) is 5.54 Å². The van der Waals surface area contributed by atoms with Crippen LogP contribution in [0.2, 0.25) is 0 Å². The second-order valence-electron chi connectivity index (χ2n) is 5.24. The molecule has 4 nitrogen and oxygen atoms in total. The Morgan fingerprint density at radius 1 is 1.41 bits per heavy atom. The van der Waals surface area contributed by atoms with E-state index >= 15 is 0 Å². The third-order valence-corrected chi connectivity index (χ3v) is 3.86. The Labute approximate surface area is 104 Å². The number of hydrogen-bond donors (Lipinski definition) is 1. The predicted molar refractivity (Wildman–Crippen MR) is 68.8 cm³/mol. The van der Waals surface area contributed by atoms with E-state index in [9.17, 15) is 0 Å². The third-order valence-electron chi connectivity index (χ3n) is 3.86. The fourth-order valence-electron chi connectivity index (χ4n) is 2.92. The van der Waals surface area contributed by atoms with Crippen LogP contribution >= 0.6 is 0 Å². The Morgan fingerprint density at radius 3 is 3.00 bits per heavy atom. The van der Waals surface area contributed by atoms with Crippen molar-refractivity contribution in [1.82, 2.24) is 20.1 Å². The minimum absolute atomic E-state index is 0.256. The first kappa shape index (κ1) is 12.6. The average molecular weight is 236 g/mol. The zero-order valence-corrected chi connectivity index (χ0v) is 11.1.